The van der Waals surface area contributed by atoms with E-state index in [1.54, 1.807) is 19.9 Å². The van der Waals surface area contributed by atoms with Crippen molar-refractivity contribution in [2.75, 3.05) is 6.61 Å². The van der Waals surface area contributed by atoms with Gasteiger partial charge in [-0.3, -0.25) is 4.98 Å². The third-order valence-electron chi connectivity index (χ3n) is 5.69. The first-order valence-corrected chi connectivity index (χ1v) is 11.3. The molecule has 5 rings (SSSR count). The zero-order chi connectivity index (χ0) is 23.9. The molecule has 178 valence electrons. The van der Waals surface area contributed by atoms with Crippen molar-refractivity contribution in [3.8, 4) is 5.75 Å². The molecule has 3 aromatic heterocycles. The topological polar surface area (TPSA) is 112 Å². The van der Waals surface area contributed by atoms with E-state index in [1.165, 1.54) is 6.33 Å². The first kappa shape index (κ1) is 22.9. The first-order chi connectivity index (χ1) is 16.3. The highest BCUT2D eigenvalue weighted by molar-refractivity contribution is 6.33. The Morgan fingerprint density at radius 1 is 1.21 bits per heavy atom. The Morgan fingerprint density at radius 2 is 2.03 bits per heavy atom. The Hall–Kier alpha value is -2.82. The maximum atomic E-state index is 10.3. The van der Waals surface area contributed by atoms with Crippen LogP contribution < -0.4 is 4.74 Å². The second-order valence-corrected chi connectivity index (χ2v) is 9.08. The van der Waals surface area contributed by atoms with Crippen molar-refractivity contribution in [1.29, 1.82) is 0 Å². The predicted molar refractivity (Wildman–Crippen MR) is 125 cm³/mol. The summed E-state index contributed by atoms with van der Waals surface area (Å²) in [5.74, 6) is -0.714. The summed E-state index contributed by atoms with van der Waals surface area (Å²) in [7, 11) is 0. The molecule has 1 aliphatic rings. The van der Waals surface area contributed by atoms with Crippen LogP contribution in [0.3, 0.4) is 0 Å². The molecule has 10 heteroatoms. The largest absolute Gasteiger partial charge is 0.491 e. The number of aliphatic hydroxyl groups excluding tert-OH is 1. The van der Waals surface area contributed by atoms with Gasteiger partial charge in [-0.25, -0.2) is 9.97 Å². The second-order valence-electron chi connectivity index (χ2n) is 8.72. The predicted octanol–water partition coefficient (Wildman–Crippen LogP) is 3.61. The summed E-state index contributed by atoms with van der Waals surface area (Å²) in [5.41, 5.74) is 1.98. The number of hydrogen-bond donors (Lipinski definition) is 2. The molecule has 0 bridgehead atoms. The van der Waals surface area contributed by atoms with Crippen LogP contribution in [-0.2, 0) is 16.1 Å². The highest BCUT2D eigenvalue weighted by atomic mass is 35.5. The van der Waals surface area contributed by atoms with E-state index in [0.717, 1.165) is 16.3 Å². The minimum Gasteiger partial charge on any atom is -0.491 e. The molecular weight excluding hydrogens is 460 g/mol. The average Bonchev–Trinajstić information content (AvgIpc) is 3.40. The number of aromatic nitrogens is 4. The van der Waals surface area contributed by atoms with Gasteiger partial charge in [0.2, 0.25) is 0 Å². The Kier molecular flexibility index (Phi) is 6.13. The number of pyridine rings is 1. The van der Waals surface area contributed by atoms with Crippen molar-refractivity contribution in [2.45, 2.75) is 51.1 Å². The van der Waals surface area contributed by atoms with E-state index in [0.29, 0.717) is 28.7 Å². The maximum absolute atomic E-state index is 10.3. The van der Waals surface area contributed by atoms with Gasteiger partial charge in [-0.1, -0.05) is 17.7 Å². The van der Waals surface area contributed by atoms with E-state index < -0.39 is 18.0 Å². The van der Waals surface area contributed by atoms with Crippen molar-refractivity contribution in [3.05, 3.63) is 59.8 Å². The zero-order valence-electron chi connectivity index (χ0n) is 18.8. The van der Waals surface area contributed by atoms with Crippen LogP contribution in [-0.4, -0.2) is 54.3 Å². The normalized spacial score (nSPS) is 20.9. The number of fused-ring (bicyclic) bond motifs is 2. The fraction of sp³-hybridized carbons (Fsp3) is 0.375. The molecule has 9 nitrogen and oxygen atoms in total. The fourth-order valence-electron chi connectivity index (χ4n) is 4.18. The van der Waals surface area contributed by atoms with Crippen molar-refractivity contribution < 1.29 is 24.4 Å². The molecule has 0 saturated carbocycles. The molecule has 34 heavy (non-hydrogen) atoms. The molecule has 0 spiro atoms. The molecule has 1 aliphatic heterocycles. The molecule has 1 aromatic carbocycles. The molecule has 3 atom stereocenters. The van der Waals surface area contributed by atoms with E-state index in [9.17, 15) is 10.2 Å². The van der Waals surface area contributed by atoms with Crippen LogP contribution in [0.25, 0.3) is 21.9 Å². The number of hydrogen-bond acceptors (Lipinski definition) is 8. The van der Waals surface area contributed by atoms with Crippen molar-refractivity contribution >= 4 is 33.5 Å². The van der Waals surface area contributed by atoms with Crippen LogP contribution in [0.1, 0.15) is 32.2 Å². The van der Waals surface area contributed by atoms with Crippen molar-refractivity contribution in [1.82, 2.24) is 19.5 Å². The standard InChI is InChI=1S/C24H25ClN4O5/c1-24(2,31)34-19-10-21(29-8-7-17-22(25)26-13-27-23(17)29)33-20(19)12-32-16-6-4-14-3-5-15(11-30)28-18(14)9-16/h3-9,13,19-21,30-31H,10-12H2,1-2H3/t19-,20?,21?/m0/s1. The van der Waals surface area contributed by atoms with Gasteiger partial charge in [-0.05, 0) is 38.1 Å². The molecule has 4 heterocycles. The monoisotopic (exact) mass is 484 g/mol. The van der Waals surface area contributed by atoms with Crippen molar-refractivity contribution in [3.63, 3.8) is 0 Å². The summed E-state index contributed by atoms with van der Waals surface area (Å²) < 4.78 is 20.1. The molecule has 1 saturated heterocycles. The molecule has 2 unspecified atom stereocenters. The van der Waals surface area contributed by atoms with Gasteiger partial charge in [0.1, 0.15) is 41.8 Å². The minimum absolute atomic E-state index is 0.126. The number of ether oxygens (including phenoxy) is 3. The number of aliphatic hydroxyl groups is 2. The lowest BCUT2D eigenvalue weighted by Gasteiger charge is -2.26. The summed E-state index contributed by atoms with van der Waals surface area (Å²) in [6.45, 7) is 3.25. The van der Waals surface area contributed by atoms with Gasteiger partial charge in [0.25, 0.3) is 0 Å². The molecule has 0 amide bonds. The number of halogens is 1. The van der Waals surface area contributed by atoms with Crippen LogP contribution in [0.5, 0.6) is 5.75 Å². The van der Waals surface area contributed by atoms with Gasteiger partial charge >= 0.3 is 0 Å². The van der Waals surface area contributed by atoms with Crippen LogP contribution in [0.2, 0.25) is 5.15 Å². The Balaban J connectivity index is 1.36. The van der Waals surface area contributed by atoms with Gasteiger partial charge in [0.05, 0.1) is 29.3 Å². The minimum atomic E-state index is -1.33. The summed E-state index contributed by atoms with van der Waals surface area (Å²) in [4.78, 5) is 12.8. The summed E-state index contributed by atoms with van der Waals surface area (Å²) in [6, 6.07) is 11.1. The van der Waals surface area contributed by atoms with Crippen LogP contribution in [0.4, 0.5) is 0 Å². The first-order valence-electron chi connectivity index (χ1n) is 11.0. The quantitative estimate of drug-likeness (QED) is 0.302. The lowest BCUT2D eigenvalue weighted by atomic mass is 10.1. The van der Waals surface area contributed by atoms with E-state index in [-0.39, 0.29) is 19.4 Å². The van der Waals surface area contributed by atoms with E-state index in [1.807, 2.05) is 41.1 Å². The van der Waals surface area contributed by atoms with Gasteiger partial charge in [-0.2, -0.15) is 0 Å². The lowest BCUT2D eigenvalue weighted by molar-refractivity contribution is -0.216. The van der Waals surface area contributed by atoms with E-state index in [4.69, 9.17) is 25.8 Å². The fourth-order valence-corrected chi connectivity index (χ4v) is 4.37. The van der Waals surface area contributed by atoms with E-state index in [2.05, 4.69) is 15.0 Å². The Bertz CT molecular complexity index is 1320. The average molecular weight is 485 g/mol. The second kappa shape index (κ2) is 9.09. The number of benzene rings is 1. The molecule has 4 aromatic rings. The molecule has 1 fully saturated rings. The molecule has 0 aliphatic carbocycles. The smallest absolute Gasteiger partial charge is 0.160 e. The molecule has 0 radical (unpaired) electrons. The number of nitrogens with zero attached hydrogens (tertiary/aromatic N) is 4. The highest BCUT2D eigenvalue weighted by Crippen LogP contribution is 2.36. The third kappa shape index (κ3) is 4.70. The summed E-state index contributed by atoms with van der Waals surface area (Å²) in [6.07, 6.45) is 2.52. The van der Waals surface area contributed by atoms with Crippen LogP contribution in [0, 0.1) is 0 Å². The van der Waals surface area contributed by atoms with Crippen LogP contribution in [0.15, 0.2) is 48.9 Å². The zero-order valence-corrected chi connectivity index (χ0v) is 19.5. The third-order valence-corrected chi connectivity index (χ3v) is 5.99. The van der Waals surface area contributed by atoms with Crippen LogP contribution >= 0.6 is 11.6 Å². The van der Waals surface area contributed by atoms with Gasteiger partial charge in [-0.15, -0.1) is 0 Å². The van der Waals surface area contributed by atoms with Gasteiger partial charge in [0, 0.05) is 24.1 Å². The molecule has 2 N–H and O–H groups in total. The SMILES string of the molecule is CC(C)(O)O[C@H]1CC(n2ccc3c(Cl)ncnc32)OC1COc1ccc2ccc(CO)nc2c1. The molecular formula is C24H25ClN4O5. The van der Waals surface area contributed by atoms with Gasteiger partial charge < -0.3 is 29.0 Å². The van der Waals surface area contributed by atoms with Crippen molar-refractivity contribution in [2.24, 2.45) is 0 Å². The maximum Gasteiger partial charge on any atom is 0.160 e. The Morgan fingerprint density at radius 3 is 2.82 bits per heavy atom. The number of rotatable bonds is 7. The summed E-state index contributed by atoms with van der Waals surface area (Å²) in [5, 5.41) is 21.7. The van der Waals surface area contributed by atoms with Gasteiger partial charge in [0.15, 0.2) is 5.79 Å². The highest BCUT2D eigenvalue weighted by Gasteiger charge is 2.40. The summed E-state index contributed by atoms with van der Waals surface area (Å²) >= 11 is 6.20. The lowest BCUT2D eigenvalue weighted by Crippen LogP contribution is -2.37. The Labute approximate surface area is 200 Å². The van der Waals surface area contributed by atoms with E-state index >= 15 is 0 Å².